The molecule has 0 unspecified atom stereocenters. The third kappa shape index (κ3) is 2.56. The highest BCUT2D eigenvalue weighted by Gasteiger charge is 1.96. The van der Waals surface area contributed by atoms with E-state index in [0.29, 0.717) is 29.7 Å². The maximum Gasteiger partial charge on any atom is 0.133 e. The Bertz CT molecular complexity index is 243. The first-order chi connectivity index (χ1) is 5.72. The van der Waals surface area contributed by atoms with Crippen LogP contribution in [0.1, 0.15) is 0 Å². The molecule has 0 aliphatic carbocycles. The molecule has 5 heteroatoms. The molecular formula is C7H11ClN4. The number of hydrogen-bond acceptors (Lipinski definition) is 4. The molecule has 0 aliphatic rings. The molecule has 0 atom stereocenters. The summed E-state index contributed by atoms with van der Waals surface area (Å²) in [6.07, 6.45) is 0. The largest absolute Gasteiger partial charge is 0.399 e. The number of halogens is 1. The number of nitrogens with two attached hydrogens (primary N) is 2. The molecule has 0 saturated heterocycles. The Balaban J connectivity index is 2.72. The molecule has 0 amide bonds. The maximum absolute atomic E-state index is 5.67. The molecule has 0 aliphatic heterocycles. The predicted octanol–water partition coefficient (Wildman–Crippen LogP) is 0.688. The molecule has 1 heterocycles. The summed E-state index contributed by atoms with van der Waals surface area (Å²) in [4.78, 5) is 3.99. The summed E-state index contributed by atoms with van der Waals surface area (Å²) in [5.41, 5.74) is 11.4. The van der Waals surface area contributed by atoms with Crippen LogP contribution in [-0.4, -0.2) is 18.1 Å². The number of aromatic nitrogens is 1. The van der Waals surface area contributed by atoms with Gasteiger partial charge in [-0.3, -0.25) is 0 Å². The molecule has 1 rings (SSSR count). The van der Waals surface area contributed by atoms with Crippen LogP contribution >= 0.6 is 11.6 Å². The molecule has 66 valence electrons. The Morgan fingerprint density at radius 3 is 2.83 bits per heavy atom. The van der Waals surface area contributed by atoms with Crippen molar-refractivity contribution in [3.05, 3.63) is 17.3 Å². The molecule has 0 saturated carbocycles. The Labute approximate surface area is 75.9 Å². The van der Waals surface area contributed by atoms with E-state index in [2.05, 4.69) is 10.3 Å². The lowest BCUT2D eigenvalue weighted by Crippen LogP contribution is -2.14. The fourth-order valence-corrected chi connectivity index (χ4v) is 1.02. The summed E-state index contributed by atoms with van der Waals surface area (Å²) in [7, 11) is 0. The minimum absolute atomic E-state index is 0.384. The van der Waals surface area contributed by atoms with Crippen LogP contribution in [0, 0.1) is 0 Å². The van der Waals surface area contributed by atoms with Crippen molar-refractivity contribution < 1.29 is 0 Å². The van der Waals surface area contributed by atoms with Gasteiger partial charge in [0.1, 0.15) is 11.0 Å². The van der Waals surface area contributed by atoms with Gasteiger partial charge in [-0.05, 0) is 6.07 Å². The van der Waals surface area contributed by atoms with Gasteiger partial charge >= 0.3 is 0 Å². The molecule has 0 bridgehead atoms. The van der Waals surface area contributed by atoms with Crippen molar-refractivity contribution in [1.29, 1.82) is 0 Å². The lowest BCUT2D eigenvalue weighted by atomic mass is 10.4. The summed E-state index contributed by atoms with van der Waals surface area (Å²) in [6.45, 7) is 1.21. The van der Waals surface area contributed by atoms with Gasteiger partial charge in [0, 0.05) is 24.8 Å². The Kier molecular flexibility index (Phi) is 3.13. The topological polar surface area (TPSA) is 77.0 Å². The van der Waals surface area contributed by atoms with Crippen molar-refractivity contribution in [3.8, 4) is 0 Å². The lowest BCUT2D eigenvalue weighted by molar-refractivity contribution is 1.01. The van der Waals surface area contributed by atoms with E-state index in [-0.39, 0.29) is 0 Å². The molecule has 1 aromatic rings. The van der Waals surface area contributed by atoms with Gasteiger partial charge in [-0.1, -0.05) is 11.6 Å². The van der Waals surface area contributed by atoms with E-state index in [1.807, 2.05) is 0 Å². The first kappa shape index (κ1) is 9.09. The van der Waals surface area contributed by atoms with Gasteiger partial charge in [-0.15, -0.1) is 0 Å². The third-order valence-electron chi connectivity index (χ3n) is 1.27. The van der Waals surface area contributed by atoms with Gasteiger partial charge < -0.3 is 16.8 Å². The molecule has 12 heavy (non-hydrogen) atoms. The van der Waals surface area contributed by atoms with E-state index < -0.39 is 0 Å². The second kappa shape index (κ2) is 4.13. The normalized spacial score (nSPS) is 9.83. The van der Waals surface area contributed by atoms with Crippen LogP contribution in [-0.2, 0) is 0 Å². The molecule has 0 fully saturated rings. The highest BCUT2D eigenvalue weighted by atomic mass is 35.5. The summed E-state index contributed by atoms with van der Waals surface area (Å²) < 4.78 is 0. The summed E-state index contributed by atoms with van der Waals surface area (Å²) in [5.74, 6) is 0.658. The highest BCUT2D eigenvalue weighted by molar-refractivity contribution is 6.29. The second-order valence-electron chi connectivity index (χ2n) is 2.32. The van der Waals surface area contributed by atoms with Gasteiger partial charge in [-0.25, -0.2) is 4.98 Å². The number of rotatable bonds is 3. The van der Waals surface area contributed by atoms with Gasteiger partial charge in [0.15, 0.2) is 0 Å². The number of anilines is 2. The van der Waals surface area contributed by atoms with Gasteiger partial charge in [0.2, 0.25) is 0 Å². The SMILES string of the molecule is NCCNc1cc(N)cc(Cl)n1. The van der Waals surface area contributed by atoms with Crippen molar-refractivity contribution >= 4 is 23.1 Å². The van der Waals surface area contributed by atoms with Crippen LogP contribution < -0.4 is 16.8 Å². The van der Waals surface area contributed by atoms with E-state index in [0.717, 1.165) is 0 Å². The van der Waals surface area contributed by atoms with Crippen molar-refractivity contribution in [2.45, 2.75) is 0 Å². The predicted molar refractivity (Wildman–Crippen MR) is 51.2 cm³/mol. The zero-order chi connectivity index (χ0) is 8.97. The fourth-order valence-electron chi connectivity index (χ4n) is 0.807. The Morgan fingerprint density at radius 2 is 2.25 bits per heavy atom. The smallest absolute Gasteiger partial charge is 0.133 e. The van der Waals surface area contributed by atoms with Gasteiger partial charge in [0.05, 0.1) is 0 Å². The monoisotopic (exact) mass is 186 g/mol. The minimum Gasteiger partial charge on any atom is -0.399 e. The Hall–Kier alpha value is -1.00. The lowest BCUT2D eigenvalue weighted by Gasteiger charge is -2.04. The summed E-state index contributed by atoms with van der Waals surface area (Å²) in [5, 5.41) is 3.36. The molecule has 5 N–H and O–H groups in total. The average molecular weight is 187 g/mol. The van der Waals surface area contributed by atoms with E-state index in [4.69, 9.17) is 23.1 Å². The average Bonchev–Trinajstić information content (AvgIpc) is 1.99. The molecule has 4 nitrogen and oxygen atoms in total. The summed E-state index contributed by atoms with van der Waals surface area (Å²) in [6, 6.07) is 3.30. The first-order valence-corrected chi connectivity index (χ1v) is 3.97. The van der Waals surface area contributed by atoms with E-state index in [1.54, 1.807) is 12.1 Å². The second-order valence-corrected chi connectivity index (χ2v) is 2.71. The Morgan fingerprint density at radius 1 is 1.50 bits per heavy atom. The number of hydrogen-bond donors (Lipinski definition) is 3. The van der Waals surface area contributed by atoms with Crippen molar-refractivity contribution in [2.75, 3.05) is 24.1 Å². The van der Waals surface area contributed by atoms with Crippen molar-refractivity contribution in [3.63, 3.8) is 0 Å². The number of nitrogens with one attached hydrogen (secondary N) is 1. The van der Waals surface area contributed by atoms with Gasteiger partial charge in [0.25, 0.3) is 0 Å². The van der Waals surface area contributed by atoms with E-state index in [1.165, 1.54) is 0 Å². The van der Waals surface area contributed by atoms with Crippen molar-refractivity contribution in [2.24, 2.45) is 5.73 Å². The number of pyridine rings is 1. The third-order valence-corrected chi connectivity index (χ3v) is 1.46. The van der Waals surface area contributed by atoms with E-state index >= 15 is 0 Å². The zero-order valence-electron chi connectivity index (χ0n) is 6.55. The zero-order valence-corrected chi connectivity index (χ0v) is 7.30. The van der Waals surface area contributed by atoms with Crippen LogP contribution in [0.25, 0.3) is 0 Å². The number of nitrogen functional groups attached to an aromatic ring is 1. The molecule has 0 radical (unpaired) electrons. The van der Waals surface area contributed by atoms with Crippen LogP contribution in [0.4, 0.5) is 11.5 Å². The van der Waals surface area contributed by atoms with Crippen LogP contribution in [0.15, 0.2) is 12.1 Å². The van der Waals surface area contributed by atoms with Crippen molar-refractivity contribution in [1.82, 2.24) is 4.98 Å². The first-order valence-electron chi connectivity index (χ1n) is 3.59. The fraction of sp³-hybridized carbons (Fsp3) is 0.286. The van der Waals surface area contributed by atoms with Crippen LogP contribution in [0.3, 0.4) is 0 Å². The quantitative estimate of drug-likeness (QED) is 0.607. The molecule has 1 aromatic heterocycles. The van der Waals surface area contributed by atoms with Crippen LogP contribution in [0.2, 0.25) is 5.15 Å². The molecule has 0 aromatic carbocycles. The van der Waals surface area contributed by atoms with Gasteiger partial charge in [-0.2, -0.15) is 0 Å². The minimum atomic E-state index is 0.384. The maximum atomic E-state index is 5.67. The molecule has 0 spiro atoms. The van der Waals surface area contributed by atoms with Crippen LogP contribution in [0.5, 0.6) is 0 Å². The molecular weight excluding hydrogens is 176 g/mol. The highest BCUT2D eigenvalue weighted by Crippen LogP contribution is 2.15. The summed E-state index contributed by atoms with van der Waals surface area (Å²) >= 11 is 5.67. The number of nitrogens with zero attached hydrogens (tertiary/aromatic N) is 1. The van der Waals surface area contributed by atoms with E-state index in [9.17, 15) is 0 Å². The standard InChI is InChI=1S/C7H11ClN4/c8-6-3-5(10)4-7(12-6)11-2-1-9/h3-4H,1-2,9H2,(H3,10,11,12).